The third-order valence-corrected chi connectivity index (χ3v) is 4.51. The van der Waals surface area contributed by atoms with Crippen molar-refractivity contribution in [3.63, 3.8) is 0 Å². The van der Waals surface area contributed by atoms with Crippen molar-refractivity contribution >= 4 is 33.8 Å². The molecule has 0 bridgehead atoms. The minimum absolute atomic E-state index is 0.137. The normalized spacial score (nSPS) is 11.8. The van der Waals surface area contributed by atoms with Crippen LogP contribution in [-0.4, -0.2) is 17.3 Å². The Hall–Kier alpha value is -3.28. The second kappa shape index (κ2) is 8.84. The van der Waals surface area contributed by atoms with Crippen molar-refractivity contribution in [2.75, 3.05) is 10.6 Å². The number of hydrogen-bond acceptors (Lipinski definition) is 5. The molecule has 0 fully saturated rings. The molecule has 0 atom stereocenters. The van der Waals surface area contributed by atoms with Gasteiger partial charge in [0.1, 0.15) is 5.75 Å². The Morgan fingerprint density at radius 2 is 1.71 bits per heavy atom. The molecule has 0 unspecified atom stereocenters. The van der Waals surface area contributed by atoms with Crippen molar-refractivity contribution in [1.29, 1.82) is 0 Å². The van der Waals surface area contributed by atoms with Gasteiger partial charge in [0.05, 0.1) is 17.7 Å². The topological polar surface area (TPSA) is 63.2 Å². The van der Waals surface area contributed by atoms with Crippen LogP contribution < -0.4 is 15.4 Å². The van der Waals surface area contributed by atoms with Crippen LogP contribution in [0, 0.1) is 0 Å². The summed E-state index contributed by atoms with van der Waals surface area (Å²) in [6, 6.07) is 9.23. The van der Waals surface area contributed by atoms with E-state index in [2.05, 4.69) is 20.4 Å². The average Bonchev–Trinajstić information content (AvgIpc) is 3.08. The molecule has 0 aliphatic heterocycles. The SMILES string of the molecule is O=C(Cc1csc(Nc2cccc(C(F)(F)F)c2)n1)Nc1ccc(OC(F)(F)F)cc1. The number of carbonyl (C=O) groups is 1. The minimum atomic E-state index is -4.81. The van der Waals surface area contributed by atoms with E-state index in [-0.39, 0.29) is 17.8 Å². The van der Waals surface area contributed by atoms with Gasteiger partial charge in [-0.25, -0.2) is 4.98 Å². The Kier molecular flexibility index (Phi) is 6.39. The number of benzene rings is 2. The molecule has 0 saturated carbocycles. The molecule has 164 valence electrons. The molecule has 2 N–H and O–H groups in total. The molecule has 0 radical (unpaired) electrons. The number of thiazole rings is 1. The molecule has 0 aliphatic rings. The fourth-order valence-corrected chi connectivity index (χ4v) is 3.18. The van der Waals surface area contributed by atoms with E-state index in [1.807, 2.05) is 0 Å². The van der Waals surface area contributed by atoms with E-state index in [4.69, 9.17) is 0 Å². The van der Waals surface area contributed by atoms with Crippen LogP contribution >= 0.6 is 11.3 Å². The largest absolute Gasteiger partial charge is 0.573 e. The van der Waals surface area contributed by atoms with Gasteiger partial charge < -0.3 is 15.4 Å². The predicted octanol–water partition coefficient (Wildman–Crippen LogP) is 5.99. The quantitative estimate of drug-likeness (QED) is 0.443. The number of halogens is 6. The first-order valence-electron chi connectivity index (χ1n) is 8.52. The summed E-state index contributed by atoms with van der Waals surface area (Å²) in [4.78, 5) is 16.3. The molecule has 1 amide bonds. The van der Waals surface area contributed by atoms with Crippen molar-refractivity contribution in [3.05, 3.63) is 65.2 Å². The fraction of sp³-hybridized carbons (Fsp3) is 0.158. The number of rotatable bonds is 6. The molecule has 3 rings (SSSR count). The number of ether oxygens (including phenoxy) is 1. The summed E-state index contributed by atoms with van der Waals surface area (Å²) in [5.41, 5.74) is 0.0210. The molecular formula is C19H13F6N3O2S. The molecule has 12 heteroatoms. The zero-order valence-corrected chi connectivity index (χ0v) is 16.2. The zero-order chi connectivity index (χ0) is 22.6. The van der Waals surface area contributed by atoms with E-state index >= 15 is 0 Å². The molecular weight excluding hydrogens is 448 g/mol. The molecule has 2 aromatic carbocycles. The monoisotopic (exact) mass is 461 g/mol. The van der Waals surface area contributed by atoms with E-state index in [1.165, 1.54) is 24.3 Å². The van der Waals surface area contributed by atoms with Gasteiger partial charge in [0.15, 0.2) is 5.13 Å². The fourth-order valence-electron chi connectivity index (χ4n) is 2.45. The van der Waals surface area contributed by atoms with Gasteiger partial charge in [-0.3, -0.25) is 4.79 Å². The second-order valence-electron chi connectivity index (χ2n) is 6.14. The summed E-state index contributed by atoms with van der Waals surface area (Å²) in [7, 11) is 0. The Labute approximate surface area is 175 Å². The van der Waals surface area contributed by atoms with Crippen molar-refractivity contribution < 1.29 is 35.9 Å². The molecule has 1 aromatic heterocycles. The smallest absolute Gasteiger partial charge is 0.406 e. The molecule has 3 aromatic rings. The number of nitrogens with zero attached hydrogens (tertiary/aromatic N) is 1. The maximum absolute atomic E-state index is 12.8. The first kappa shape index (κ1) is 22.4. The Balaban J connectivity index is 1.56. The molecule has 0 saturated heterocycles. The lowest BCUT2D eigenvalue weighted by Gasteiger charge is -2.09. The second-order valence-corrected chi connectivity index (χ2v) is 7.00. The first-order chi connectivity index (χ1) is 14.5. The van der Waals surface area contributed by atoms with E-state index in [1.54, 1.807) is 5.38 Å². The minimum Gasteiger partial charge on any atom is -0.406 e. The predicted molar refractivity (Wildman–Crippen MR) is 102 cm³/mol. The number of hydrogen-bond donors (Lipinski definition) is 2. The molecule has 31 heavy (non-hydrogen) atoms. The summed E-state index contributed by atoms with van der Waals surface area (Å²) in [5.74, 6) is -0.893. The van der Waals surface area contributed by atoms with Crippen LogP contribution in [0.2, 0.25) is 0 Å². The van der Waals surface area contributed by atoms with Gasteiger partial charge in [-0.05, 0) is 42.5 Å². The van der Waals surface area contributed by atoms with Crippen LogP contribution in [0.15, 0.2) is 53.9 Å². The van der Waals surface area contributed by atoms with Crippen LogP contribution in [0.3, 0.4) is 0 Å². The Morgan fingerprint density at radius 1 is 1.00 bits per heavy atom. The lowest BCUT2D eigenvalue weighted by molar-refractivity contribution is -0.274. The molecule has 1 heterocycles. The van der Waals surface area contributed by atoms with Gasteiger partial charge in [0, 0.05) is 16.8 Å². The van der Waals surface area contributed by atoms with Crippen LogP contribution in [0.25, 0.3) is 0 Å². The van der Waals surface area contributed by atoms with Crippen LogP contribution in [-0.2, 0) is 17.4 Å². The maximum atomic E-state index is 12.8. The van der Waals surface area contributed by atoms with Gasteiger partial charge in [0.2, 0.25) is 5.91 Å². The molecule has 0 aliphatic carbocycles. The van der Waals surface area contributed by atoms with E-state index in [0.29, 0.717) is 10.8 Å². The number of amides is 1. The molecule has 0 spiro atoms. The van der Waals surface area contributed by atoms with Crippen LogP contribution in [0.4, 0.5) is 42.8 Å². The molecule has 5 nitrogen and oxygen atoms in total. The highest BCUT2D eigenvalue weighted by Crippen LogP contribution is 2.32. The van der Waals surface area contributed by atoms with Crippen molar-refractivity contribution in [1.82, 2.24) is 4.98 Å². The highest BCUT2D eigenvalue weighted by molar-refractivity contribution is 7.13. The first-order valence-corrected chi connectivity index (χ1v) is 9.40. The average molecular weight is 461 g/mol. The van der Waals surface area contributed by atoms with Crippen LogP contribution in [0.5, 0.6) is 5.75 Å². The van der Waals surface area contributed by atoms with Gasteiger partial charge in [-0.1, -0.05) is 6.07 Å². The lowest BCUT2D eigenvalue weighted by atomic mass is 10.2. The van der Waals surface area contributed by atoms with Crippen LogP contribution in [0.1, 0.15) is 11.3 Å². The summed E-state index contributed by atoms with van der Waals surface area (Å²) < 4.78 is 78.6. The van der Waals surface area contributed by atoms with E-state index < -0.39 is 29.8 Å². The third-order valence-electron chi connectivity index (χ3n) is 3.71. The highest BCUT2D eigenvalue weighted by Gasteiger charge is 2.31. The third kappa shape index (κ3) is 6.88. The summed E-state index contributed by atoms with van der Waals surface area (Å²) in [6.07, 6.45) is -9.42. The number of carbonyl (C=O) groups excluding carboxylic acids is 1. The number of nitrogens with one attached hydrogen (secondary N) is 2. The van der Waals surface area contributed by atoms with E-state index in [9.17, 15) is 31.1 Å². The van der Waals surface area contributed by atoms with Crippen molar-refractivity contribution in [3.8, 4) is 5.75 Å². The number of aromatic nitrogens is 1. The summed E-state index contributed by atoms with van der Waals surface area (Å²) >= 11 is 1.11. The maximum Gasteiger partial charge on any atom is 0.573 e. The van der Waals surface area contributed by atoms with Gasteiger partial charge in [0.25, 0.3) is 0 Å². The summed E-state index contributed by atoms with van der Waals surface area (Å²) in [6.45, 7) is 0. The standard InChI is InChI=1S/C19H13F6N3O2S/c20-18(21,22)11-2-1-3-13(8-11)27-17-28-14(10-31-17)9-16(29)26-12-4-6-15(7-5-12)30-19(23,24)25/h1-8,10H,9H2,(H,26,29)(H,27,28). The van der Waals surface area contributed by atoms with Crippen molar-refractivity contribution in [2.45, 2.75) is 19.0 Å². The zero-order valence-electron chi connectivity index (χ0n) is 15.3. The lowest BCUT2D eigenvalue weighted by Crippen LogP contribution is -2.17. The summed E-state index contributed by atoms with van der Waals surface area (Å²) in [5, 5.41) is 7.13. The van der Waals surface area contributed by atoms with Gasteiger partial charge in [-0.15, -0.1) is 24.5 Å². The Morgan fingerprint density at radius 3 is 2.35 bits per heavy atom. The number of anilines is 3. The Bertz CT molecular complexity index is 1050. The van der Waals surface area contributed by atoms with Gasteiger partial charge in [-0.2, -0.15) is 13.2 Å². The highest BCUT2D eigenvalue weighted by atomic mass is 32.1. The van der Waals surface area contributed by atoms with E-state index in [0.717, 1.165) is 35.6 Å². The number of alkyl halides is 6. The van der Waals surface area contributed by atoms with Gasteiger partial charge >= 0.3 is 12.5 Å². The van der Waals surface area contributed by atoms with Crippen molar-refractivity contribution in [2.24, 2.45) is 0 Å².